The highest BCUT2D eigenvalue weighted by Crippen LogP contribution is 2.39. The molecule has 37 heavy (non-hydrogen) atoms. The Bertz CT molecular complexity index is 1020. The van der Waals surface area contributed by atoms with Crippen molar-refractivity contribution in [2.45, 2.75) is 102 Å². The van der Waals surface area contributed by atoms with Gasteiger partial charge in [0.2, 0.25) is 0 Å². The molecule has 1 aromatic heterocycles. The minimum absolute atomic E-state index is 0.271. The lowest BCUT2D eigenvalue weighted by molar-refractivity contribution is 0.608. The third-order valence-corrected chi connectivity index (χ3v) is 14.1. The zero-order chi connectivity index (χ0) is 26.2. The van der Waals surface area contributed by atoms with Crippen LogP contribution in [-0.2, 0) is 6.42 Å². The summed E-state index contributed by atoms with van der Waals surface area (Å²) in [5.41, 5.74) is 1.34. The third-order valence-electron chi connectivity index (χ3n) is 7.78. The van der Waals surface area contributed by atoms with Crippen molar-refractivity contribution in [1.29, 1.82) is 0 Å². The van der Waals surface area contributed by atoms with Gasteiger partial charge in [-0.15, -0.1) is 11.8 Å². The van der Waals surface area contributed by atoms with Crippen LogP contribution in [0.5, 0.6) is 0 Å². The van der Waals surface area contributed by atoms with Crippen LogP contribution in [0.15, 0.2) is 85.2 Å². The molecule has 2 heteroatoms. The van der Waals surface area contributed by atoms with Gasteiger partial charge in [0.15, 0.2) is 0 Å². The predicted molar refractivity (Wildman–Crippen MR) is 164 cm³/mol. The van der Waals surface area contributed by atoms with E-state index in [1.807, 2.05) is 18.5 Å². The van der Waals surface area contributed by atoms with E-state index in [0.717, 1.165) is 19.3 Å². The Morgan fingerprint density at radius 1 is 0.622 bits per heavy atom. The number of hydrogen-bond donors (Lipinski definition) is 0. The fraction of sp³-hybridized carbons (Fsp3) is 0.457. The van der Waals surface area contributed by atoms with Crippen LogP contribution in [0.2, 0.25) is 11.1 Å². The average molecular weight is 510 g/mol. The van der Waals surface area contributed by atoms with Crippen LogP contribution < -0.4 is 10.4 Å². The molecule has 0 aliphatic heterocycles. The monoisotopic (exact) mass is 509 g/mol. The van der Waals surface area contributed by atoms with Gasteiger partial charge < -0.3 is 0 Å². The first kappa shape index (κ1) is 28.9. The van der Waals surface area contributed by atoms with Gasteiger partial charge in [0.25, 0.3) is 0 Å². The molecular formula is C35H47NSi. The van der Waals surface area contributed by atoms with E-state index in [-0.39, 0.29) is 5.04 Å². The molecule has 0 saturated heterocycles. The first-order valence-electron chi connectivity index (χ1n) is 14.5. The average Bonchev–Trinajstić information content (AvgIpc) is 2.92. The minimum Gasteiger partial charge on any atom is -0.264 e. The number of nitrogens with zero attached hydrogens (tertiary/aromatic N) is 1. The summed E-state index contributed by atoms with van der Waals surface area (Å²) in [4.78, 5) is 4.18. The largest absolute Gasteiger partial charge is 0.264 e. The molecule has 196 valence electrons. The number of aromatic nitrogens is 1. The van der Waals surface area contributed by atoms with E-state index < -0.39 is 8.07 Å². The van der Waals surface area contributed by atoms with Crippen molar-refractivity contribution in [2.75, 3.05) is 0 Å². The lowest BCUT2D eigenvalue weighted by Crippen LogP contribution is -2.64. The maximum atomic E-state index is 4.18. The van der Waals surface area contributed by atoms with E-state index >= 15 is 0 Å². The smallest absolute Gasteiger partial charge is 0.123 e. The normalized spacial score (nSPS) is 11.6. The first-order chi connectivity index (χ1) is 18.0. The van der Waals surface area contributed by atoms with Gasteiger partial charge in [-0.25, -0.2) is 0 Å². The summed E-state index contributed by atoms with van der Waals surface area (Å²) >= 11 is 0. The number of pyridine rings is 1. The molecule has 0 unspecified atom stereocenters. The Kier molecular flexibility index (Phi) is 12.2. The van der Waals surface area contributed by atoms with E-state index in [1.54, 1.807) is 10.4 Å². The molecule has 0 bridgehead atoms. The highest BCUT2D eigenvalue weighted by atomic mass is 28.3. The molecule has 0 radical (unpaired) electrons. The molecular weight excluding hydrogens is 462 g/mol. The summed E-state index contributed by atoms with van der Waals surface area (Å²) in [6.07, 6.45) is 17.3. The summed E-state index contributed by atoms with van der Waals surface area (Å²) < 4.78 is 0. The van der Waals surface area contributed by atoms with Crippen LogP contribution in [-0.4, -0.2) is 13.1 Å². The molecule has 0 N–H and O–H groups in total. The van der Waals surface area contributed by atoms with Crippen LogP contribution >= 0.6 is 0 Å². The fourth-order valence-electron chi connectivity index (χ4n) is 5.72. The van der Waals surface area contributed by atoms with Gasteiger partial charge in [-0.3, -0.25) is 4.98 Å². The topological polar surface area (TPSA) is 12.9 Å². The van der Waals surface area contributed by atoms with Crippen molar-refractivity contribution < 1.29 is 0 Å². The summed E-state index contributed by atoms with van der Waals surface area (Å²) in [6.45, 7) is 7.42. The zero-order valence-electron chi connectivity index (χ0n) is 23.5. The molecule has 2 aromatic carbocycles. The predicted octanol–water partition coefficient (Wildman–Crippen LogP) is 8.59. The van der Waals surface area contributed by atoms with E-state index in [9.17, 15) is 0 Å². The molecule has 0 aliphatic rings. The Morgan fingerprint density at radius 2 is 1.16 bits per heavy atom. The first-order valence-corrected chi connectivity index (χ1v) is 16.7. The van der Waals surface area contributed by atoms with Gasteiger partial charge in [0.05, 0.1) is 0 Å². The number of hydrogen-bond acceptors (Lipinski definition) is 1. The molecule has 0 spiro atoms. The van der Waals surface area contributed by atoms with Crippen molar-refractivity contribution in [2.24, 2.45) is 0 Å². The zero-order valence-corrected chi connectivity index (χ0v) is 24.5. The maximum absolute atomic E-state index is 4.18. The second-order valence-corrected chi connectivity index (χ2v) is 16.4. The van der Waals surface area contributed by atoms with E-state index in [0.29, 0.717) is 0 Å². The van der Waals surface area contributed by atoms with Crippen LogP contribution in [0.4, 0.5) is 0 Å². The van der Waals surface area contributed by atoms with Crippen LogP contribution in [0.25, 0.3) is 0 Å². The van der Waals surface area contributed by atoms with Crippen molar-refractivity contribution in [1.82, 2.24) is 4.98 Å². The van der Waals surface area contributed by atoms with Crippen LogP contribution in [0.3, 0.4) is 0 Å². The molecule has 0 saturated carbocycles. The van der Waals surface area contributed by atoms with Gasteiger partial charge in [0.1, 0.15) is 8.07 Å². The summed E-state index contributed by atoms with van der Waals surface area (Å²) in [7, 11) is -1.89. The summed E-state index contributed by atoms with van der Waals surface area (Å²) in [5.74, 6) is 6.79. The molecule has 1 heterocycles. The molecule has 0 fully saturated rings. The number of rotatable bonds is 14. The summed E-state index contributed by atoms with van der Waals surface area (Å²) in [6, 6.07) is 28.3. The summed E-state index contributed by atoms with van der Waals surface area (Å²) in [5, 5.41) is 3.45. The fourth-order valence-corrected chi connectivity index (χ4v) is 11.4. The molecule has 3 rings (SSSR count). The van der Waals surface area contributed by atoms with E-state index in [2.05, 4.69) is 104 Å². The van der Waals surface area contributed by atoms with Crippen LogP contribution in [0, 0.1) is 11.8 Å². The van der Waals surface area contributed by atoms with Gasteiger partial charge >= 0.3 is 0 Å². The molecule has 1 nitrogen and oxygen atoms in total. The Balaban J connectivity index is 1.36. The Morgan fingerprint density at radius 3 is 1.70 bits per heavy atom. The van der Waals surface area contributed by atoms with E-state index in [4.69, 9.17) is 0 Å². The number of unbranched alkanes of at least 4 members (excludes halogenated alkanes) is 8. The Hall–Kier alpha value is -2.63. The number of benzene rings is 2. The van der Waals surface area contributed by atoms with E-state index in [1.165, 1.54) is 63.0 Å². The Labute approximate surface area is 228 Å². The van der Waals surface area contributed by atoms with Gasteiger partial charge in [-0.05, 0) is 48.4 Å². The van der Waals surface area contributed by atoms with Gasteiger partial charge in [0, 0.05) is 25.2 Å². The SMILES string of the molecule is CC(C)(C)[Si](CCCCCCCCC#CCCCCc1cccnc1)(c1ccccc1)c1ccccc1. The van der Waals surface area contributed by atoms with Crippen molar-refractivity contribution >= 4 is 18.4 Å². The van der Waals surface area contributed by atoms with Crippen molar-refractivity contribution in [3.63, 3.8) is 0 Å². The number of aryl methyl sites for hydroxylation is 1. The van der Waals surface area contributed by atoms with Gasteiger partial charge in [-0.1, -0.05) is 130 Å². The lowest BCUT2D eigenvalue weighted by Gasteiger charge is -2.44. The third kappa shape index (κ3) is 9.01. The van der Waals surface area contributed by atoms with Crippen LogP contribution in [0.1, 0.15) is 90.5 Å². The lowest BCUT2D eigenvalue weighted by atomic mass is 10.1. The second kappa shape index (κ2) is 15.6. The second-order valence-electron chi connectivity index (χ2n) is 11.4. The highest BCUT2D eigenvalue weighted by molar-refractivity contribution is 7.04. The van der Waals surface area contributed by atoms with Crippen molar-refractivity contribution in [3.8, 4) is 11.8 Å². The molecule has 0 aliphatic carbocycles. The van der Waals surface area contributed by atoms with Crippen molar-refractivity contribution in [3.05, 3.63) is 90.8 Å². The molecule has 0 amide bonds. The van der Waals surface area contributed by atoms with Gasteiger partial charge in [-0.2, -0.15) is 0 Å². The standard InChI is InChI=1S/C35H47NSi/c1-35(2,3)37(33-25-17-14-18-26-33,34-27-19-15-20-28-34)30-21-13-11-9-7-5-4-6-8-10-12-16-23-32-24-22-29-36-31-32/h14-15,17-20,22,24-29,31H,4-5,7,9-13,16,21,23,30H2,1-3H3. The quantitative estimate of drug-likeness (QED) is 0.120. The molecule has 0 atom stereocenters. The molecule has 3 aromatic rings. The highest BCUT2D eigenvalue weighted by Gasteiger charge is 2.46. The minimum atomic E-state index is -1.89. The maximum Gasteiger partial charge on any atom is 0.123 e.